The molecule has 2 N–H and O–H groups in total. The van der Waals surface area contributed by atoms with E-state index in [1.165, 1.54) is 10.5 Å². The van der Waals surface area contributed by atoms with Crippen LogP contribution in [0.15, 0.2) is 59.5 Å². The van der Waals surface area contributed by atoms with E-state index >= 15 is 0 Å². The van der Waals surface area contributed by atoms with Gasteiger partial charge in [0.2, 0.25) is 0 Å². The van der Waals surface area contributed by atoms with Crippen LogP contribution in [0, 0.1) is 0 Å². The highest BCUT2D eigenvalue weighted by molar-refractivity contribution is 7.99. The van der Waals surface area contributed by atoms with Crippen molar-refractivity contribution in [3.05, 3.63) is 60.2 Å². The zero-order valence-corrected chi connectivity index (χ0v) is 12.6. The average molecular weight is 287 g/mol. The number of hydrogen-bond acceptors (Lipinski definition) is 3. The Morgan fingerprint density at radius 2 is 1.90 bits per heavy atom. The van der Waals surface area contributed by atoms with Gasteiger partial charge < -0.3 is 10.5 Å². The summed E-state index contributed by atoms with van der Waals surface area (Å²) in [6, 6.07) is 18.5. The Bertz CT molecular complexity index is 513. The number of rotatable bonds is 7. The van der Waals surface area contributed by atoms with Gasteiger partial charge in [-0.05, 0) is 43.2 Å². The number of nitrogens with two attached hydrogens (primary N) is 1. The summed E-state index contributed by atoms with van der Waals surface area (Å²) < 4.78 is 5.67. The van der Waals surface area contributed by atoms with Crippen LogP contribution in [0.3, 0.4) is 0 Å². The summed E-state index contributed by atoms with van der Waals surface area (Å²) in [5.41, 5.74) is 7.08. The van der Waals surface area contributed by atoms with E-state index in [9.17, 15) is 0 Å². The number of ether oxygens (including phenoxy) is 1. The van der Waals surface area contributed by atoms with Gasteiger partial charge in [-0.25, -0.2) is 0 Å². The van der Waals surface area contributed by atoms with E-state index in [1.807, 2.05) is 49.0 Å². The molecule has 0 aromatic heterocycles. The third-order valence-electron chi connectivity index (χ3n) is 2.95. The Morgan fingerprint density at radius 1 is 1.10 bits per heavy atom. The molecule has 0 spiro atoms. The molecule has 2 rings (SSSR count). The summed E-state index contributed by atoms with van der Waals surface area (Å²) in [5.74, 6) is 1.99. The minimum absolute atomic E-state index is 0.0944. The summed E-state index contributed by atoms with van der Waals surface area (Å²) >= 11 is 1.85. The molecule has 2 aromatic carbocycles. The SMILES string of the molecule is CC(N)c1cccc(SCCCOc2ccccc2)c1. The van der Waals surface area contributed by atoms with Crippen LogP contribution in [0.4, 0.5) is 0 Å². The average Bonchev–Trinajstić information content (AvgIpc) is 2.48. The van der Waals surface area contributed by atoms with Crippen LogP contribution < -0.4 is 10.5 Å². The van der Waals surface area contributed by atoms with Gasteiger partial charge in [-0.2, -0.15) is 0 Å². The van der Waals surface area contributed by atoms with Crippen molar-refractivity contribution >= 4 is 11.8 Å². The predicted molar refractivity (Wildman–Crippen MR) is 86.3 cm³/mol. The lowest BCUT2D eigenvalue weighted by Gasteiger charge is -2.08. The molecule has 0 amide bonds. The summed E-state index contributed by atoms with van der Waals surface area (Å²) in [6.07, 6.45) is 1.03. The molecule has 2 aromatic rings. The van der Waals surface area contributed by atoms with Gasteiger partial charge in [0.05, 0.1) is 6.61 Å². The largest absolute Gasteiger partial charge is 0.494 e. The first-order chi connectivity index (χ1) is 9.75. The van der Waals surface area contributed by atoms with E-state index in [2.05, 4.69) is 24.3 Å². The maximum atomic E-state index is 5.89. The van der Waals surface area contributed by atoms with Gasteiger partial charge in [0.15, 0.2) is 0 Å². The van der Waals surface area contributed by atoms with Gasteiger partial charge >= 0.3 is 0 Å². The molecule has 0 saturated carbocycles. The zero-order valence-electron chi connectivity index (χ0n) is 11.8. The first-order valence-electron chi connectivity index (χ1n) is 6.92. The van der Waals surface area contributed by atoms with Crippen molar-refractivity contribution in [2.45, 2.75) is 24.3 Å². The second-order valence-electron chi connectivity index (χ2n) is 4.72. The maximum absolute atomic E-state index is 5.89. The highest BCUT2D eigenvalue weighted by Crippen LogP contribution is 2.22. The number of thioether (sulfide) groups is 1. The molecule has 0 radical (unpaired) electrons. The second-order valence-corrected chi connectivity index (χ2v) is 5.89. The van der Waals surface area contributed by atoms with E-state index in [0.29, 0.717) is 0 Å². The highest BCUT2D eigenvalue weighted by atomic mass is 32.2. The Kier molecular flexibility index (Phi) is 5.96. The minimum atomic E-state index is 0.0944. The summed E-state index contributed by atoms with van der Waals surface area (Å²) in [5, 5.41) is 0. The Balaban J connectivity index is 1.69. The maximum Gasteiger partial charge on any atom is 0.119 e. The first-order valence-corrected chi connectivity index (χ1v) is 7.90. The van der Waals surface area contributed by atoms with Crippen LogP contribution in [0.25, 0.3) is 0 Å². The lowest BCUT2D eigenvalue weighted by Crippen LogP contribution is -2.04. The topological polar surface area (TPSA) is 35.2 Å². The lowest BCUT2D eigenvalue weighted by atomic mass is 10.1. The number of benzene rings is 2. The van der Waals surface area contributed by atoms with E-state index < -0.39 is 0 Å². The third kappa shape index (κ3) is 4.91. The van der Waals surface area contributed by atoms with Crippen LogP contribution in [-0.4, -0.2) is 12.4 Å². The molecule has 0 bridgehead atoms. The third-order valence-corrected chi connectivity index (χ3v) is 4.03. The number of hydrogen-bond donors (Lipinski definition) is 1. The Labute approximate surface area is 125 Å². The van der Waals surface area contributed by atoms with Gasteiger partial charge in [0.25, 0.3) is 0 Å². The van der Waals surface area contributed by atoms with Crippen LogP contribution in [-0.2, 0) is 0 Å². The zero-order chi connectivity index (χ0) is 14.2. The molecule has 0 aliphatic carbocycles. The van der Waals surface area contributed by atoms with Crippen molar-refractivity contribution in [3.63, 3.8) is 0 Å². The van der Waals surface area contributed by atoms with Crippen LogP contribution in [0.5, 0.6) is 5.75 Å². The Morgan fingerprint density at radius 3 is 2.65 bits per heavy atom. The number of para-hydroxylation sites is 1. The lowest BCUT2D eigenvalue weighted by molar-refractivity contribution is 0.319. The molecule has 0 aliphatic rings. The molecule has 1 atom stereocenters. The van der Waals surface area contributed by atoms with Crippen molar-refractivity contribution in [1.82, 2.24) is 0 Å². The van der Waals surface area contributed by atoms with Crippen LogP contribution >= 0.6 is 11.8 Å². The van der Waals surface area contributed by atoms with Crippen molar-refractivity contribution in [2.24, 2.45) is 5.73 Å². The smallest absolute Gasteiger partial charge is 0.119 e. The van der Waals surface area contributed by atoms with Gasteiger partial charge in [-0.3, -0.25) is 0 Å². The van der Waals surface area contributed by atoms with Gasteiger partial charge in [-0.15, -0.1) is 11.8 Å². The molecule has 0 saturated heterocycles. The molecule has 3 heteroatoms. The van der Waals surface area contributed by atoms with Crippen LogP contribution in [0.1, 0.15) is 24.9 Å². The van der Waals surface area contributed by atoms with Crippen molar-refractivity contribution < 1.29 is 4.74 Å². The fraction of sp³-hybridized carbons (Fsp3) is 0.294. The van der Waals surface area contributed by atoms with Gasteiger partial charge in [0.1, 0.15) is 5.75 Å². The van der Waals surface area contributed by atoms with E-state index in [4.69, 9.17) is 10.5 Å². The fourth-order valence-corrected chi connectivity index (χ4v) is 2.74. The quantitative estimate of drug-likeness (QED) is 0.610. The predicted octanol–water partition coefficient (Wildman–Crippen LogP) is 4.27. The summed E-state index contributed by atoms with van der Waals surface area (Å²) in [4.78, 5) is 1.28. The Hall–Kier alpha value is -1.45. The molecule has 1 unspecified atom stereocenters. The molecular weight excluding hydrogens is 266 g/mol. The monoisotopic (exact) mass is 287 g/mol. The first kappa shape index (κ1) is 14.9. The van der Waals surface area contributed by atoms with Crippen molar-refractivity contribution in [2.75, 3.05) is 12.4 Å². The molecule has 0 aliphatic heterocycles. The molecule has 0 fully saturated rings. The van der Waals surface area contributed by atoms with E-state index in [-0.39, 0.29) is 6.04 Å². The molecule has 2 nitrogen and oxygen atoms in total. The summed E-state index contributed by atoms with van der Waals surface area (Å²) in [7, 11) is 0. The fourth-order valence-electron chi connectivity index (χ4n) is 1.84. The van der Waals surface area contributed by atoms with Crippen LogP contribution in [0.2, 0.25) is 0 Å². The van der Waals surface area contributed by atoms with E-state index in [0.717, 1.165) is 24.5 Å². The molecular formula is C17H21NOS. The van der Waals surface area contributed by atoms with Gasteiger partial charge in [-0.1, -0.05) is 30.3 Å². The minimum Gasteiger partial charge on any atom is -0.494 e. The van der Waals surface area contributed by atoms with Crippen molar-refractivity contribution in [3.8, 4) is 5.75 Å². The highest BCUT2D eigenvalue weighted by Gasteiger charge is 2.01. The molecule has 106 valence electrons. The summed E-state index contributed by atoms with van der Waals surface area (Å²) in [6.45, 7) is 2.77. The second kappa shape index (κ2) is 7.98. The molecule has 0 heterocycles. The van der Waals surface area contributed by atoms with Crippen molar-refractivity contribution in [1.29, 1.82) is 0 Å². The van der Waals surface area contributed by atoms with Gasteiger partial charge in [0, 0.05) is 16.7 Å². The normalized spacial score (nSPS) is 12.1. The van der Waals surface area contributed by atoms with E-state index in [1.54, 1.807) is 0 Å². The molecule has 20 heavy (non-hydrogen) atoms. The standard InChI is InChI=1S/C17H21NOS/c1-14(18)15-7-5-10-17(13-15)20-12-6-11-19-16-8-3-2-4-9-16/h2-5,7-10,13-14H,6,11-12,18H2,1H3.